The van der Waals surface area contributed by atoms with E-state index >= 15 is 0 Å². The Hall–Kier alpha value is -0.530. The first-order valence-electron chi connectivity index (χ1n) is 4.17. The van der Waals surface area contributed by atoms with Gasteiger partial charge >= 0.3 is 0 Å². The standard InChI is InChI=1S/C10H14ClN/c1-8(7-12)6-9-4-2-3-5-10(9)11/h2-5,8H,6-7,12H2,1H3/t8-/m0/s1. The van der Waals surface area contributed by atoms with Gasteiger partial charge in [0.25, 0.3) is 0 Å². The zero-order valence-corrected chi connectivity index (χ0v) is 8.01. The van der Waals surface area contributed by atoms with Crippen molar-refractivity contribution in [3.8, 4) is 0 Å². The molecule has 0 saturated carbocycles. The molecule has 0 unspecified atom stereocenters. The van der Waals surface area contributed by atoms with Gasteiger partial charge in [0.05, 0.1) is 0 Å². The van der Waals surface area contributed by atoms with Gasteiger partial charge in [0, 0.05) is 5.02 Å². The van der Waals surface area contributed by atoms with Gasteiger partial charge in [-0.15, -0.1) is 0 Å². The van der Waals surface area contributed by atoms with Crippen LogP contribution in [-0.4, -0.2) is 6.54 Å². The van der Waals surface area contributed by atoms with Crippen molar-refractivity contribution in [1.82, 2.24) is 0 Å². The van der Waals surface area contributed by atoms with Crippen molar-refractivity contribution in [2.75, 3.05) is 6.54 Å². The molecule has 2 heteroatoms. The molecule has 0 spiro atoms. The lowest BCUT2D eigenvalue weighted by molar-refractivity contribution is 0.593. The van der Waals surface area contributed by atoms with Gasteiger partial charge in [0.1, 0.15) is 0 Å². The second-order valence-corrected chi connectivity index (χ2v) is 3.54. The smallest absolute Gasteiger partial charge is 0.0438 e. The van der Waals surface area contributed by atoms with Crippen LogP contribution in [0, 0.1) is 5.92 Å². The van der Waals surface area contributed by atoms with E-state index in [4.69, 9.17) is 17.3 Å². The van der Waals surface area contributed by atoms with Crippen molar-refractivity contribution < 1.29 is 0 Å². The monoisotopic (exact) mass is 183 g/mol. The van der Waals surface area contributed by atoms with Gasteiger partial charge < -0.3 is 5.73 Å². The molecule has 0 fully saturated rings. The molecule has 12 heavy (non-hydrogen) atoms. The summed E-state index contributed by atoms with van der Waals surface area (Å²) in [5, 5.41) is 0.845. The maximum absolute atomic E-state index is 5.98. The number of benzene rings is 1. The largest absolute Gasteiger partial charge is 0.330 e. The number of hydrogen-bond acceptors (Lipinski definition) is 1. The highest BCUT2D eigenvalue weighted by molar-refractivity contribution is 6.31. The lowest BCUT2D eigenvalue weighted by Crippen LogP contribution is -2.13. The lowest BCUT2D eigenvalue weighted by Gasteiger charge is -2.08. The second kappa shape index (κ2) is 4.48. The number of halogens is 1. The van der Waals surface area contributed by atoms with Crippen molar-refractivity contribution in [3.63, 3.8) is 0 Å². The van der Waals surface area contributed by atoms with Gasteiger partial charge in [-0.1, -0.05) is 36.7 Å². The van der Waals surface area contributed by atoms with E-state index in [1.54, 1.807) is 0 Å². The van der Waals surface area contributed by atoms with Crippen LogP contribution in [0.15, 0.2) is 24.3 Å². The molecule has 2 N–H and O–H groups in total. The predicted octanol–water partition coefficient (Wildman–Crippen LogP) is 2.48. The Labute approximate surface area is 78.5 Å². The normalized spacial score (nSPS) is 12.9. The summed E-state index contributed by atoms with van der Waals surface area (Å²) in [5.41, 5.74) is 6.72. The summed E-state index contributed by atoms with van der Waals surface area (Å²) in [4.78, 5) is 0. The van der Waals surface area contributed by atoms with E-state index in [9.17, 15) is 0 Å². The van der Waals surface area contributed by atoms with Gasteiger partial charge in [-0.2, -0.15) is 0 Å². The van der Waals surface area contributed by atoms with Crippen molar-refractivity contribution in [1.29, 1.82) is 0 Å². The highest BCUT2D eigenvalue weighted by Gasteiger charge is 2.03. The molecule has 0 heterocycles. The average molecular weight is 184 g/mol. The minimum atomic E-state index is 0.505. The van der Waals surface area contributed by atoms with Gasteiger partial charge in [-0.25, -0.2) is 0 Å². The maximum atomic E-state index is 5.98. The van der Waals surface area contributed by atoms with Crippen LogP contribution in [0.25, 0.3) is 0 Å². The van der Waals surface area contributed by atoms with Crippen LogP contribution in [0.2, 0.25) is 5.02 Å². The summed E-state index contributed by atoms with van der Waals surface area (Å²) < 4.78 is 0. The zero-order chi connectivity index (χ0) is 8.97. The second-order valence-electron chi connectivity index (χ2n) is 3.14. The molecular formula is C10H14ClN. The first-order valence-corrected chi connectivity index (χ1v) is 4.55. The SMILES string of the molecule is C[C@H](CN)Cc1ccccc1Cl. The molecule has 0 aliphatic heterocycles. The van der Waals surface area contributed by atoms with Crippen molar-refractivity contribution in [3.05, 3.63) is 34.9 Å². The Morgan fingerprint density at radius 1 is 1.42 bits per heavy atom. The van der Waals surface area contributed by atoms with Gasteiger partial charge in [-0.05, 0) is 30.5 Å². The van der Waals surface area contributed by atoms with Crippen LogP contribution in [0.4, 0.5) is 0 Å². The average Bonchev–Trinajstić information content (AvgIpc) is 2.09. The first-order chi connectivity index (χ1) is 5.74. The third kappa shape index (κ3) is 2.50. The fourth-order valence-electron chi connectivity index (χ4n) is 1.12. The van der Waals surface area contributed by atoms with Crippen LogP contribution in [0.1, 0.15) is 12.5 Å². The summed E-state index contributed by atoms with van der Waals surface area (Å²) in [7, 11) is 0. The third-order valence-corrected chi connectivity index (χ3v) is 2.30. The highest BCUT2D eigenvalue weighted by Crippen LogP contribution is 2.17. The minimum Gasteiger partial charge on any atom is -0.330 e. The number of rotatable bonds is 3. The molecule has 0 amide bonds. The molecule has 1 rings (SSSR count). The molecule has 1 nitrogen and oxygen atoms in total. The van der Waals surface area contributed by atoms with E-state index in [0.29, 0.717) is 12.5 Å². The molecule has 0 radical (unpaired) electrons. The van der Waals surface area contributed by atoms with E-state index < -0.39 is 0 Å². The molecule has 0 bridgehead atoms. The maximum Gasteiger partial charge on any atom is 0.0438 e. The molecule has 0 aliphatic carbocycles. The Kier molecular flexibility index (Phi) is 3.57. The number of nitrogens with two attached hydrogens (primary N) is 1. The van der Waals surface area contributed by atoms with Crippen molar-refractivity contribution >= 4 is 11.6 Å². The van der Waals surface area contributed by atoms with E-state index in [1.165, 1.54) is 5.56 Å². The summed E-state index contributed by atoms with van der Waals surface area (Å²) in [6.07, 6.45) is 0.968. The fraction of sp³-hybridized carbons (Fsp3) is 0.400. The Morgan fingerprint density at radius 3 is 2.67 bits per heavy atom. The van der Waals surface area contributed by atoms with Crippen LogP contribution in [-0.2, 0) is 6.42 Å². The lowest BCUT2D eigenvalue weighted by atomic mass is 10.0. The van der Waals surface area contributed by atoms with Gasteiger partial charge in [0.15, 0.2) is 0 Å². The fourth-order valence-corrected chi connectivity index (χ4v) is 1.34. The molecule has 0 saturated heterocycles. The van der Waals surface area contributed by atoms with E-state index in [1.807, 2.05) is 18.2 Å². The summed E-state index contributed by atoms with van der Waals surface area (Å²) in [5.74, 6) is 0.505. The van der Waals surface area contributed by atoms with Crippen LogP contribution < -0.4 is 5.73 Å². The molecule has 1 atom stereocenters. The summed E-state index contributed by atoms with van der Waals surface area (Å²) in [6, 6.07) is 7.91. The highest BCUT2D eigenvalue weighted by atomic mass is 35.5. The molecule has 0 aromatic heterocycles. The molecule has 66 valence electrons. The van der Waals surface area contributed by atoms with Crippen LogP contribution in [0.5, 0.6) is 0 Å². The van der Waals surface area contributed by atoms with Crippen LogP contribution in [0.3, 0.4) is 0 Å². The third-order valence-electron chi connectivity index (χ3n) is 1.93. The topological polar surface area (TPSA) is 26.0 Å². The molecule has 1 aromatic carbocycles. The van der Waals surface area contributed by atoms with Crippen molar-refractivity contribution in [2.45, 2.75) is 13.3 Å². The van der Waals surface area contributed by atoms with E-state index in [-0.39, 0.29) is 0 Å². The minimum absolute atomic E-state index is 0.505. The predicted molar refractivity (Wildman–Crippen MR) is 53.4 cm³/mol. The Morgan fingerprint density at radius 2 is 2.08 bits per heavy atom. The van der Waals surface area contributed by atoms with Gasteiger partial charge in [0.2, 0.25) is 0 Å². The molecule has 0 aliphatic rings. The summed E-state index contributed by atoms with van der Waals surface area (Å²) in [6.45, 7) is 2.84. The Bertz CT molecular complexity index is 247. The zero-order valence-electron chi connectivity index (χ0n) is 7.26. The quantitative estimate of drug-likeness (QED) is 0.766. The van der Waals surface area contributed by atoms with E-state index in [0.717, 1.165) is 11.4 Å². The molecular weight excluding hydrogens is 170 g/mol. The van der Waals surface area contributed by atoms with Crippen molar-refractivity contribution in [2.24, 2.45) is 11.7 Å². The van der Waals surface area contributed by atoms with E-state index in [2.05, 4.69) is 13.0 Å². The Balaban J connectivity index is 2.69. The first kappa shape index (κ1) is 9.56. The summed E-state index contributed by atoms with van der Waals surface area (Å²) >= 11 is 5.98. The number of hydrogen-bond donors (Lipinski definition) is 1. The van der Waals surface area contributed by atoms with Gasteiger partial charge in [-0.3, -0.25) is 0 Å². The molecule has 1 aromatic rings. The van der Waals surface area contributed by atoms with Crippen LogP contribution >= 0.6 is 11.6 Å².